The molecule has 0 radical (unpaired) electrons. The number of nitrogens with zero attached hydrogens (tertiary/aromatic N) is 1. The molecule has 0 aliphatic heterocycles. The summed E-state index contributed by atoms with van der Waals surface area (Å²) in [5, 5.41) is 11.8. The van der Waals surface area contributed by atoms with Crippen LogP contribution >= 0.6 is 0 Å². The van der Waals surface area contributed by atoms with Crippen LogP contribution in [0, 0.1) is 0 Å². The fraction of sp³-hybridized carbons (Fsp3) is 0.818. The van der Waals surface area contributed by atoms with E-state index in [2.05, 4.69) is 5.32 Å². The van der Waals surface area contributed by atoms with Crippen molar-refractivity contribution < 1.29 is 14.7 Å². The van der Waals surface area contributed by atoms with Gasteiger partial charge in [-0.2, -0.15) is 0 Å². The molecule has 0 aromatic heterocycles. The first kappa shape index (κ1) is 14.9. The van der Waals surface area contributed by atoms with E-state index in [1.165, 1.54) is 4.90 Å². The van der Waals surface area contributed by atoms with E-state index < -0.39 is 11.5 Å². The second-order valence-corrected chi connectivity index (χ2v) is 4.58. The van der Waals surface area contributed by atoms with Crippen LogP contribution in [-0.4, -0.2) is 46.6 Å². The second kappa shape index (κ2) is 5.84. The van der Waals surface area contributed by atoms with E-state index in [1.54, 1.807) is 13.8 Å². The first-order valence-electron chi connectivity index (χ1n) is 5.50. The van der Waals surface area contributed by atoms with Gasteiger partial charge < -0.3 is 15.3 Å². The van der Waals surface area contributed by atoms with Crippen molar-refractivity contribution in [1.29, 1.82) is 0 Å². The fourth-order valence-electron chi connectivity index (χ4n) is 1.51. The molecule has 94 valence electrons. The largest absolute Gasteiger partial charge is 0.480 e. The molecule has 2 N–H and O–H groups in total. The Morgan fingerprint density at radius 2 is 1.88 bits per heavy atom. The Labute approximate surface area is 96.8 Å². The number of hydrogen-bond acceptors (Lipinski definition) is 3. The van der Waals surface area contributed by atoms with Crippen LogP contribution in [0.5, 0.6) is 0 Å². The maximum absolute atomic E-state index is 12.1. The summed E-state index contributed by atoms with van der Waals surface area (Å²) in [6, 6.07) is -0.124. The van der Waals surface area contributed by atoms with Gasteiger partial charge in [0.25, 0.3) is 0 Å². The Kier molecular flexibility index (Phi) is 5.44. The van der Waals surface area contributed by atoms with Gasteiger partial charge in [0.15, 0.2) is 0 Å². The standard InChI is InChI=1S/C11H22N2O3/c1-6-12-11(4,5)10(16)13(8(2)3)7-9(14)15/h8,12H,6-7H2,1-5H3,(H,14,15). The maximum atomic E-state index is 12.1. The van der Waals surface area contributed by atoms with Crippen molar-refractivity contribution in [2.75, 3.05) is 13.1 Å². The lowest BCUT2D eigenvalue weighted by atomic mass is 10.0. The van der Waals surface area contributed by atoms with Crippen LogP contribution in [0.2, 0.25) is 0 Å². The van der Waals surface area contributed by atoms with Crippen LogP contribution in [0.3, 0.4) is 0 Å². The van der Waals surface area contributed by atoms with Crippen molar-refractivity contribution in [3.05, 3.63) is 0 Å². The number of rotatable bonds is 6. The number of amides is 1. The SMILES string of the molecule is CCNC(C)(C)C(=O)N(CC(=O)O)C(C)C. The lowest BCUT2D eigenvalue weighted by Crippen LogP contribution is -2.56. The van der Waals surface area contributed by atoms with Crippen molar-refractivity contribution in [3.63, 3.8) is 0 Å². The van der Waals surface area contributed by atoms with E-state index in [4.69, 9.17) is 5.11 Å². The zero-order chi connectivity index (χ0) is 12.9. The van der Waals surface area contributed by atoms with Gasteiger partial charge in [-0.15, -0.1) is 0 Å². The van der Waals surface area contributed by atoms with Crippen LogP contribution in [0.25, 0.3) is 0 Å². The molecule has 0 aromatic rings. The first-order chi connectivity index (χ1) is 7.22. The van der Waals surface area contributed by atoms with E-state index in [9.17, 15) is 9.59 Å². The van der Waals surface area contributed by atoms with E-state index in [1.807, 2.05) is 20.8 Å². The lowest BCUT2D eigenvalue weighted by molar-refractivity contribution is -0.148. The topological polar surface area (TPSA) is 69.6 Å². The molecule has 0 bridgehead atoms. The summed E-state index contributed by atoms with van der Waals surface area (Å²) in [6.07, 6.45) is 0. The number of nitrogens with one attached hydrogen (secondary N) is 1. The number of likely N-dealkylation sites (N-methyl/N-ethyl adjacent to an activating group) is 1. The van der Waals surface area contributed by atoms with Gasteiger partial charge in [-0.1, -0.05) is 6.92 Å². The Morgan fingerprint density at radius 1 is 1.38 bits per heavy atom. The third-order valence-electron chi connectivity index (χ3n) is 2.34. The molecule has 5 nitrogen and oxygen atoms in total. The van der Waals surface area contributed by atoms with E-state index in [0.717, 1.165) is 0 Å². The van der Waals surface area contributed by atoms with E-state index >= 15 is 0 Å². The van der Waals surface area contributed by atoms with Crippen LogP contribution in [0.1, 0.15) is 34.6 Å². The average molecular weight is 230 g/mol. The van der Waals surface area contributed by atoms with Crippen molar-refractivity contribution in [2.45, 2.75) is 46.2 Å². The van der Waals surface area contributed by atoms with Crippen LogP contribution in [0.15, 0.2) is 0 Å². The van der Waals surface area contributed by atoms with Gasteiger partial charge in [0.2, 0.25) is 5.91 Å². The van der Waals surface area contributed by atoms with Gasteiger partial charge in [-0.3, -0.25) is 9.59 Å². The highest BCUT2D eigenvalue weighted by atomic mass is 16.4. The zero-order valence-electron chi connectivity index (χ0n) is 10.7. The van der Waals surface area contributed by atoms with Crippen molar-refractivity contribution in [3.8, 4) is 0 Å². The van der Waals surface area contributed by atoms with Gasteiger partial charge in [0.1, 0.15) is 6.54 Å². The van der Waals surface area contributed by atoms with Crippen molar-refractivity contribution in [2.24, 2.45) is 0 Å². The highest BCUT2D eigenvalue weighted by molar-refractivity contribution is 5.88. The first-order valence-corrected chi connectivity index (χ1v) is 5.50. The van der Waals surface area contributed by atoms with E-state index in [0.29, 0.717) is 6.54 Å². The monoisotopic (exact) mass is 230 g/mol. The molecule has 0 aliphatic rings. The number of carboxylic acids is 1. The number of carbonyl (C=O) groups is 2. The molecule has 0 aromatic carbocycles. The van der Waals surface area contributed by atoms with Gasteiger partial charge in [0.05, 0.1) is 5.54 Å². The predicted molar refractivity (Wildman–Crippen MR) is 62.2 cm³/mol. The third-order valence-corrected chi connectivity index (χ3v) is 2.34. The summed E-state index contributed by atoms with van der Waals surface area (Å²) in [6.45, 7) is 9.45. The molecule has 0 rings (SSSR count). The summed E-state index contributed by atoms with van der Waals surface area (Å²) in [5.41, 5.74) is -0.728. The van der Waals surface area contributed by atoms with Crippen LogP contribution in [-0.2, 0) is 9.59 Å². The highest BCUT2D eigenvalue weighted by Gasteiger charge is 2.33. The molecule has 16 heavy (non-hydrogen) atoms. The summed E-state index contributed by atoms with van der Waals surface area (Å²) in [7, 11) is 0. The average Bonchev–Trinajstić information content (AvgIpc) is 2.12. The maximum Gasteiger partial charge on any atom is 0.323 e. The number of aliphatic carboxylic acids is 1. The molecule has 0 atom stereocenters. The third kappa shape index (κ3) is 4.18. The molecule has 0 saturated carbocycles. The lowest BCUT2D eigenvalue weighted by Gasteiger charge is -2.34. The Bertz CT molecular complexity index is 262. The van der Waals surface area contributed by atoms with Crippen molar-refractivity contribution in [1.82, 2.24) is 10.2 Å². The Morgan fingerprint density at radius 3 is 2.19 bits per heavy atom. The molecule has 0 unspecified atom stereocenters. The van der Waals surface area contributed by atoms with E-state index in [-0.39, 0.29) is 18.5 Å². The minimum atomic E-state index is -0.991. The quantitative estimate of drug-likeness (QED) is 0.704. The zero-order valence-corrected chi connectivity index (χ0v) is 10.7. The normalized spacial score (nSPS) is 11.6. The minimum Gasteiger partial charge on any atom is -0.480 e. The number of carboxylic acid groups (broad SMARTS) is 1. The summed E-state index contributed by atoms with van der Waals surface area (Å²) < 4.78 is 0. The minimum absolute atomic E-state index is 0.124. The molecule has 0 saturated heterocycles. The van der Waals surface area contributed by atoms with Gasteiger partial charge in [-0.25, -0.2) is 0 Å². The van der Waals surface area contributed by atoms with Crippen molar-refractivity contribution >= 4 is 11.9 Å². The molecule has 1 amide bonds. The fourth-order valence-corrected chi connectivity index (χ4v) is 1.51. The molecular formula is C11H22N2O3. The summed E-state index contributed by atoms with van der Waals surface area (Å²) in [4.78, 5) is 24.2. The van der Waals surface area contributed by atoms with Crippen LogP contribution in [0.4, 0.5) is 0 Å². The van der Waals surface area contributed by atoms with Gasteiger partial charge in [0, 0.05) is 6.04 Å². The molecule has 0 fully saturated rings. The summed E-state index contributed by atoms with van der Waals surface area (Å²) >= 11 is 0. The second-order valence-electron chi connectivity index (χ2n) is 4.58. The Balaban J connectivity index is 4.80. The summed E-state index contributed by atoms with van der Waals surface area (Å²) in [5.74, 6) is -1.18. The smallest absolute Gasteiger partial charge is 0.323 e. The van der Waals surface area contributed by atoms with Crippen LogP contribution < -0.4 is 5.32 Å². The predicted octanol–water partition coefficient (Wildman–Crippen LogP) is 0.696. The van der Waals surface area contributed by atoms with Gasteiger partial charge >= 0.3 is 5.97 Å². The Hall–Kier alpha value is -1.10. The molecule has 5 heteroatoms. The number of hydrogen-bond donors (Lipinski definition) is 2. The molecule has 0 spiro atoms. The molecule has 0 aliphatic carbocycles. The highest BCUT2D eigenvalue weighted by Crippen LogP contribution is 2.10. The number of carbonyl (C=O) groups excluding carboxylic acids is 1. The molecule has 0 heterocycles. The molecular weight excluding hydrogens is 208 g/mol. The van der Waals surface area contributed by atoms with Gasteiger partial charge in [-0.05, 0) is 34.2 Å².